The van der Waals surface area contributed by atoms with Crippen LogP contribution >= 0.6 is 0 Å². The average Bonchev–Trinajstić information content (AvgIpc) is 3.58. The highest BCUT2D eigenvalue weighted by Crippen LogP contribution is 2.35. The Labute approximate surface area is 235 Å². The number of fused-ring (bicyclic) bond motifs is 3. The Morgan fingerprint density at radius 1 is 1.07 bits per heavy atom. The molecule has 1 fully saturated rings. The van der Waals surface area contributed by atoms with Gasteiger partial charge in [0.1, 0.15) is 12.0 Å². The first-order valence-corrected chi connectivity index (χ1v) is 13.3. The molecule has 0 spiro atoms. The van der Waals surface area contributed by atoms with Crippen LogP contribution in [0.1, 0.15) is 27.9 Å². The Kier molecular flexibility index (Phi) is 6.65. The molecule has 1 aliphatic rings. The van der Waals surface area contributed by atoms with Crippen molar-refractivity contribution in [2.75, 3.05) is 37.4 Å². The Hall–Kier alpha value is -4.44. The van der Waals surface area contributed by atoms with Crippen LogP contribution in [0.5, 0.6) is 0 Å². The molecular formula is C31H29F3N6O. The highest BCUT2D eigenvalue weighted by atomic mass is 19.4. The van der Waals surface area contributed by atoms with E-state index in [0.717, 1.165) is 57.2 Å². The topological polar surface area (TPSA) is 77.2 Å². The molecule has 10 heteroatoms. The zero-order chi connectivity index (χ0) is 28.9. The standard InChI is InChI=1S/C31H29F3N6O/c1-18-4-6-22(14-26(18)19-5-7-25-27-15-35-17-36-29(27)38-28(25)12-19)37-30(41)20-10-21(31(32,33)34)13-24(11-20)40-9-8-23(16-40)39(2)3/h4-7,10-15,17,23H,8-9,16H2,1-3H3,(H,37,41)(H,35,36,38). The number of likely N-dealkylation sites (N-methyl/N-ethyl adjacent to an activating group) is 1. The number of nitrogens with zero attached hydrogens (tertiary/aromatic N) is 4. The molecule has 3 heterocycles. The molecule has 5 aromatic rings. The van der Waals surface area contributed by atoms with E-state index in [1.807, 2.05) is 56.3 Å². The van der Waals surface area contributed by atoms with Gasteiger partial charge in [0.05, 0.1) is 5.56 Å². The quantitative estimate of drug-likeness (QED) is 0.258. The van der Waals surface area contributed by atoms with Crippen LogP contribution in [-0.2, 0) is 6.18 Å². The van der Waals surface area contributed by atoms with Gasteiger partial charge in [0.25, 0.3) is 5.91 Å². The number of aromatic amines is 1. The molecule has 2 aromatic heterocycles. The number of anilines is 2. The largest absolute Gasteiger partial charge is 0.416 e. The lowest BCUT2D eigenvalue weighted by Crippen LogP contribution is -2.31. The number of H-pyrrole nitrogens is 1. The maximum absolute atomic E-state index is 13.8. The van der Waals surface area contributed by atoms with Crippen LogP contribution in [0.25, 0.3) is 33.1 Å². The molecular weight excluding hydrogens is 529 g/mol. The lowest BCUT2D eigenvalue weighted by atomic mass is 9.98. The molecule has 1 aliphatic heterocycles. The first kappa shape index (κ1) is 26.8. The molecule has 1 amide bonds. The van der Waals surface area contributed by atoms with Crippen molar-refractivity contribution in [3.63, 3.8) is 0 Å². The van der Waals surface area contributed by atoms with Crippen LogP contribution < -0.4 is 10.2 Å². The summed E-state index contributed by atoms with van der Waals surface area (Å²) in [4.78, 5) is 29.0. The lowest BCUT2D eigenvalue weighted by Gasteiger charge is -2.23. The van der Waals surface area contributed by atoms with Gasteiger partial charge in [-0.05, 0) is 80.5 Å². The van der Waals surface area contributed by atoms with Gasteiger partial charge in [-0.1, -0.05) is 18.2 Å². The Morgan fingerprint density at radius 2 is 1.90 bits per heavy atom. The van der Waals surface area contributed by atoms with Crippen LogP contribution in [0.15, 0.2) is 67.1 Å². The van der Waals surface area contributed by atoms with Gasteiger partial charge in [-0.2, -0.15) is 13.2 Å². The zero-order valence-corrected chi connectivity index (χ0v) is 22.9. The number of benzene rings is 3. The van der Waals surface area contributed by atoms with Crippen LogP contribution in [-0.4, -0.2) is 59.0 Å². The average molecular weight is 559 g/mol. The van der Waals surface area contributed by atoms with Gasteiger partial charge in [0, 0.05) is 58.6 Å². The van der Waals surface area contributed by atoms with Crippen LogP contribution in [0.4, 0.5) is 24.5 Å². The van der Waals surface area contributed by atoms with E-state index in [2.05, 4.69) is 25.2 Å². The van der Waals surface area contributed by atoms with E-state index in [-0.39, 0.29) is 11.6 Å². The van der Waals surface area contributed by atoms with Gasteiger partial charge in [-0.25, -0.2) is 9.97 Å². The van der Waals surface area contributed by atoms with Gasteiger partial charge >= 0.3 is 6.18 Å². The predicted molar refractivity (Wildman–Crippen MR) is 155 cm³/mol. The van der Waals surface area contributed by atoms with E-state index < -0.39 is 17.6 Å². The van der Waals surface area contributed by atoms with E-state index in [9.17, 15) is 18.0 Å². The minimum Gasteiger partial charge on any atom is -0.370 e. The van der Waals surface area contributed by atoms with Gasteiger partial charge in [0.15, 0.2) is 0 Å². The zero-order valence-electron chi connectivity index (χ0n) is 22.9. The summed E-state index contributed by atoms with van der Waals surface area (Å²) in [6.07, 6.45) is -0.468. The molecule has 1 saturated heterocycles. The van der Waals surface area contributed by atoms with Crippen molar-refractivity contribution in [2.45, 2.75) is 25.6 Å². The molecule has 0 radical (unpaired) electrons. The normalized spacial score (nSPS) is 15.8. The second-order valence-electron chi connectivity index (χ2n) is 10.8. The van der Waals surface area contributed by atoms with Gasteiger partial charge in [-0.3, -0.25) is 4.79 Å². The number of carbonyl (C=O) groups is 1. The molecule has 2 N–H and O–H groups in total. The first-order chi connectivity index (χ1) is 19.6. The summed E-state index contributed by atoms with van der Waals surface area (Å²) in [5.41, 5.74) is 4.48. The van der Waals surface area contributed by atoms with Gasteiger partial charge in [-0.15, -0.1) is 0 Å². The number of rotatable bonds is 5. The van der Waals surface area contributed by atoms with E-state index in [1.165, 1.54) is 6.33 Å². The summed E-state index contributed by atoms with van der Waals surface area (Å²) in [5, 5.41) is 4.75. The SMILES string of the molecule is Cc1ccc(NC(=O)c2cc(N3CCC(N(C)C)C3)cc(C(F)(F)F)c2)cc1-c1ccc2c(c1)[nH]c1ncncc12. The summed E-state index contributed by atoms with van der Waals surface area (Å²) in [6.45, 7) is 3.20. The number of aromatic nitrogens is 3. The summed E-state index contributed by atoms with van der Waals surface area (Å²) < 4.78 is 41.5. The van der Waals surface area contributed by atoms with Crippen molar-refractivity contribution in [2.24, 2.45) is 0 Å². The minimum atomic E-state index is -4.57. The maximum Gasteiger partial charge on any atom is 0.416 e. The molecule has 7 nitrogen and oxygen atoms in total. The fourth-order valence-electron chi connectivity index (χ4n) is 5.50. The number of hydrogen-bond acceptors (Lipinski definition) is 5. The predicted octanol–water partition coefficient (Wildman–Crippen LogP) is 6.50. The molecule has 41 heavy (non-hydrogen) atoms. The number of aryl methyl sites for hydroxylation is 1. The second kappa shape index (κ2) is 10.2. The number of halogens is 3. The van der Waals surface area contributed by atoms with Crippen LogP contribution in [0.2, 0.25) is 0 Å². The number of amides is 1. The van der Waals surface area contributed by atoms with E-state index in [1.54, 1.807) is 18.3 Å². The third-order valence-electron chi connectivity index (χ3n) is 7.85. The Bertz CT molecular complexity index is 1780. The van der Waals surface area contributed by atoms with Crippen molar-refractivity contribution < 1.29 is 18.0 Å². The van der Waals surface area contributed by atoms with E-state index in [4.69, 9.17) is 0 Å². The number of nitrogens with one attached hydrogen (secondary N) is 2. The van der Waals surface area contributed by atoms with Crippen molar-refractivity contribution in [3.8, 4) is 11.1 Å². The van der Waals surface area contributed by atoms with Crippen molar-refractivity contribution in [1.82, 2.24) is 19.9 Å². The second-order valence-corrected chi connectivity index (χ2v) is 10.8. The molecule has 6 rings (SSSR count). The summed E-state index contributed by atoms with van der Waals surface area (Å²) >= 11 is 0. The fraction of sp³-hybridized carbons (Fsp3) is 0.258. The molecule has 210 valence electrons. The summed E-state index contributed by atoms with van der Waals surface area (Å²) in [7, 11) is 3.92. The molecule has 3 aromatic carbocycles. The number of hydrogen-bond donors (Lipinski definition) is 2. The van der Waals surface area contributed by atoms with Gasteiger partial charge in [0.2, 0.25) is 0 Å². The summed E-state index contributed by atoms with van der Waals surface area (Å²) in [6, 6.07) is 15.3. The van der Waals surface area contributed by atoms with Crippen molar-refractivity contribution in [1.29, 1.82) is 0 Å². The maximum atomic E-state index is 13.8. The minimum absolute atomic E-state index is 0.0362. The van der Waals surface area contributed by atoms with E-state index in [0.29, 0.717) is 24.5 Å². The van der Waals surface area contributed by atoms with E-state index >= 15 is 0 Å². The molecule has 1 atom stereocenters. The van der Waals surface area contributed by atoms with Crippen LogP contribution in [0, 0.1) is 6.92 Å². The molecule has 0 aliphatic carbocycles. The Morgan fingerprint density at radius 3 is 2.66 bits per heavy atom. The molecule has 0 saturated carbocycles. The highest BCUT2D eigenvalue weighted by Gasteiger charge is 2.33. The lowest BCUT2D eigenvalue weighted by molar-refractivity contribution is -0.137. The van der Waals surface area contributed by atoms with Crippen LogP contribution in [0.3, 0.4) is 0 Å². The third kappa shape index (κ3) is 5.22. The smallest absolute Gasteiger partial charge is 0.370 e. The fourth-order valence-corrected chi connectivity index (χ4v) is 5.50. The third-order valence-corrected chi connectivity index (χ3v) is 7.85. The summed E-state index contributed by atoms with van der Waals surface area (Å²) in [5.74, 6) is -0.597. The Balaban J connectivity index is 1.30. The van der Waals surface area contributed by atoms with Gasteiger partial charge < -0.3 is 20.1 Å². The molecule has 0 bridgehead atoms. The molecule has 1 unspecified atom stereocenters. The van der Waals surface area contributed by atoms with Crippen molar-refractivity contribution in [3.05, 3.63) is 83.8 Å². The monoisotopic (exact) mass is 558 g/mol. The number of carbonyl (C=O) groups excluding carboxylic acids is 1. The highest BCUT2D eigenvalue weighted by molar-refractivity contribution is 6.07. The number of alkyl halides is 3. The van der Waals surface area contributed by atoms with Crippen molar-refractivity contribution >= 4 is 39.2 Å². The first-order valence-electron chi connectivity index (χ1n) is 13.3.